The summed E-state index contributed by atoms with van der Waals surface area (Å²) in [5.41, 5.74) is 7.01. The number of morpholine rings is 1. The molecule has 0 aromatic heterocycles. The maximum absolute atomic E-state index is 6.01. The van der Waals surface area contributed by atoms with Crippen LogP contribution in [0.15, 0.2) is 21.6 Å². The minimum absolute atomic E-state index is 0.488. The van der Waals surface area contributed by atoms with E-state index in [0.29, 0.717) is 37.2 Å². The number of nitrogens with two attached hydrogens (primary N) is 1. The molecule has 1 aliphatic heterocycles. The lowest BCUT2D eigenvalue weighted by Gasteiger charge is -2.27. The van der Waals surface area contributed by atoms with Crippen LogP contribution in [0.5, 0.6) is 11.5 Å². The van der Waals surface area contributed by atoms with E-state index in [0.717, 1.165) is 23.1 Å². The van der Waals surface area contributed by atoms with Crippen LogP contribution >= 0.6 is 15.9 Å². The molecule has 1 fully saturated rings. The highest BCUT2D eigenvalue weighted by molar-refractivity contribution is 9.10. The smallest absolute Gasteiger partial charge is 0.191 e. The van der Waals surface area contributed by atoms with Crippen LogP contribution in [0.2, 0.25) is 0 Å². The van der Waals surface area contributed by atoms with Gasteiger partial charge >= 0.3 is 0 Å². The monoisotopic (exact) mass is 357 g/mol. The molecule has 0 spiro atoms. The van der Waals surface area contributed by atoms with Gasteiger partial charge in [-0.1, -0.05) is 0 Å². The standard InChI is InChI=1S/C14H20BrN3O3/c1-19-12-8-10(7-11(15)13(12)20-2)9-17-14(16)18-3-5-21-6-4-18/h7-8H,3-6,9H2,1-2H3,(H2,16,17). The van der Waals surface area contributed by atoms with Gasteiger partial charge in [-0.25, -0.2) is 4.99 Å². The number of hydrogen-bond donors (Lipinski definition) is 1. The van der Waals surface area contributed by atoms with Crippen molar-refractivity contribution in [2.45, 2.75) is 6.54 Å². The predicted molar refractivity (Wildman–Crippen MR) is 85.0 cm³/mol. The Balaban J connectivity index is 2.10. The van der Waals surface area contributed by atoms with Gasteiger partial charge in [0.25, 0.3) is 0 Å². The number of methoxy groups -OCH3 is 2. The highest BCUT2D eigenvalue weighted by atomic mass is 79.9. The van der Waals surface area contributed by atoms with Crippen molar-refractivity contribution in [2.24, 2.45) is 10.7 Å². The highest BCUT2D eigenvalue weighted by Crippen LogP contribution is 2.36. The fraction of sp³-hybridized carbons (Fsp3) is 0.500. The molecular formula is C14H20BrN3O3. The summed E-state index contributed by atoms with van der Waals surface area (Å²) < 4.78 is 16.7. The maximum Gasteiger partial charge on any atom is 0.191 e. The predicted octanol–water partition coefficient (Wildman–Crippen LogP) is 1.61. The van der Waals surface area contributed by atoms with E-state index in [4.69, 9.17) is 19.9 Å². The summed E-state index contributed by atoms with van der Waals surface area (Å²) >= 11 is 3.47. The molecule has 116 valence electrons. The van der Waals surface area contributed by atoms with Crippen LogP contribution in [0.25, 0.3) is 0 Å². The molecule has 2 N–H and O–H groups in total. The van der Waals surface area contributed by atoms with Gasteiger partial charge < -0.3 is 24.8 Å². The van der Waals surface area contributed by atoms with Gasteiger partial charge in [0.05, 0.1) is 38.5 Å². The van der Waals surface area contributed by atoms with Crippen molar-refractivity contribution in [3.63, 3.8) is 0 Å². The SMILES string of the molecule is COc1cc(CN=C(N)N2CCOCC2)cc(Br)c1OC. The fourth-order valence-corrected chi connectivity index (χ4v) is 2.78. The average molecular weight is 358 g/mol. The average Bonchev–Trinajstić information content (AvgIpc) is 2.52. The van der Waals surface area contributed by atoms with Crippen molar-refractivity contribution >= 4 is 21.9 Å². The van der Waals surface area contributed by atoms with Gasteiger partial charge in [-0.3, -0.25) is 0 Å². The van der Waals surface area contributed by atoms with Crippen LogP contribution in [0.1, 0.15) is 5.56 Å². The number of benzene rings is 1. The van der Waals surface area contributed by atoms with E-state index >= 15 is 0 Å². The van der Waals surface area contributed by atoms with E-state index in [1.807, 2.05) is 17.0 Å². The molecule has 1 heterocycles. The summed E-state index contributed by atoms with van der Waals surface area (Å²) in [4.78, 5) is 6.46. The molecule has 0 saturated carbocycles. The largest absolute Gasteiger partial charge is 0.493 e. The zero-order valence-corrected chi connectivity index (χ0v) is 13.9. The Labute approximate surface area is 133 Å². The number of rotatable bonds is 4. The van der Waals surface area contributed by atoms with Gasteiger partial charge in [0, 0.05) is 13.1 Å². The van der Waals surface area contributed by atoms with Crippen molar-refractivity contribution in [1.82, 2.24) is 4.90 Å². The molecule has 1 aromatic carbocycles. The van der Waals surface area contributed by atoms with Gasteiger partial charge in [0.2, 0.25) is 0 Å². The zero-order valence-electron chi connectivity index (χ0n) is 12.3. The molecule has 1 saturated heterocycles. The fourth-order valence-electron chi connectivity index (χ4n) is 2.13. The lowest BCUT2D eigenvalue weighted by molar-refractivity contribution is 0.0674. The molecule has 0 amide bonds. The lowest BCUT2D eigenvalue weighted by atomic mass is 10.2. The number of halogens is 1. The van der Waals surface area contributed by atoms with Crippen molar-refractivity contribution in [1.29, 1.82) is 0 Å². The Morgan fingerprint density at radius 3 is 2.67 bits per heavy atom. The van der Waals surface area contributed by atoms with E-state index in [1.54, 1.807) is 14.2 Å². The van der Waals surface area contributed by atoms with Crippen LogP contribution < -0.4 is 15.2 Å². The third kappa shape index (κ3) is 4.01. The Hall–Kier alpha value is -1.47. The number of hydrogen-bond acceptors (Lipinski definition) is 4. The molecule has 21 heavy (non-hydrogen) atoms. The Morgan fingerprint density at radius 2 is 2.05 bits per heavy atom. The second kappa shape index (κ2) is 7.51. The normalized spacial score (nSPS) is 16.0. The third-order valence-electron chi connectivity index (χ3n) is 3.25. The van der Waals surface area contributed by atoms with Gasteiger partial charge in [0.15, 0.2) is 17.5 Å². The first kappa shape index (κ1) is 15.9. The zero-order chi connectivity index (χ0) is 15.2. The second-order valence-corrected chi connectivity index (χ2v) is 5.44. The molecule has 6 nitrogen and oxygen atoms in total. The van der Waals surface area contributed by atoms with Crippen molar-refractivity contribution in [2.75, 3.05) is 40.5 Å². The second-order valence-electron chi connectivity index (χ2n) is 4.59. The Kier molecular flexibility index (Phi) is 5.69. The quantitative estimate of drug-likeness (QED) is 0.654. The van der Waals surface area contributed by atoms with Crippen LogP contribution in [0, 0.1) is 0 Å². The van der Waals surface area contributed by atoms with E-state index in [-0.39, 0.29) is 0 Å². The first-order valence-electron chi connectivity index (χ1n) is 6.68. The summed E-state index contributed by atoms with van der Waals surface area (Å²) in [6.07, 6.45) is 0. The van der Waals surface area contributed by atoms with Gasteiger partial charge in [-0.15, -0.1) is 0 Å². The van der Waals surface area contributed by atoms with Gasteiger partial charge in [-0.05, 0) is 33.6 Å². The summed E-state index contributed by atoms with van der Waals surface area (Å²) in [7, 11) is 3.22. The van der Waals surface area contributed by atoms with Crippen LogP contribution in [-0.4, -0.2) is 51.4 Å². The summed E-state index contributed by atoms with van der Waals surface area (Å²) in [5, 5.41) is 0. The van der Waals surface area contributed by atoms with Crippen molar-refractivity contribution in [3.8, 4) is 11.5 Å². The Morgan fingerprint density at radius 1 is 1.33 bits per heavy atom. The third-order valence-corrected chi connectivity index (χ3v) is 3.84. The van der Waals surface area contributed by atoms with Crippen LogP contribution in [0.3, 0.4) is 0 Å². The van der Waals surface area contributed by atoms with Crippen LogP contribution in [0.4, 0.5) is 0 Å². The van der Waals surface area contributed by atoms with E-state index in [2.05, 4.69) is 20.9 Å². The van der Waals surface area contributed by atoms with Gasteiger partial charge in [-0.2, -0.15) is 0 Å². The summed E-state index contributed by atoms with van der Waals surface area (Å²) in [6.45, 7) is 3.44. The number of nitrogens with zero attached hydrogens (tertiary/aromatic N) is 2. The van der Waals surface area contributed by atoms with Crippen LogP contribution in [-0.2, 0) is 11.3 Å². The lowest BCUT2D eigenvalue weighted by Crippen LogP contribution is -2.44. The van der Waals surface area contributed by atoms with Crippen molar-refractivity contribution < 1.29 is 14.2 Å². The van der Waals surface area contributed by atoms with E-state index < -0.39 is 0 Å². The molecular weight excluding hydrogens is 338 g/mol. The van der Waals surface area contributed by atoms with E-state index in [9.17, 15) is 0 Å². The summed E-state index contributed by atoms with van der Waals surface area (Å²) in [5.74, 6) is 1.89. The molecule has 7 heteroatoms. The number of ether oxygens (including phenoxy) is 3. The first-order valence-corrected chi connectivity index (χ1v) is 7.48. The molecule has 0 aliphatic carbocycles. The first-order chi connectivity index (χ1) is 10.2. The maximum atomic E-state index is 6.01. The highest BCUT2D eigenvalue weighted by Gasteiger charge is 2.13. The molecule has 1 aromatic rings. The number of aliphatic imine (C=N–C) groups is 1. The molecule has 0 bridgehead atoms. The van der Waals surface area contributed by atoms with E-state index in [1.165, 1.54) is 0 Å². The van der Waals surface area contributed by atoms with Crippen molar-refractivity contribution in [3.05, 3.63) is 22.2 Å². The minimum atomic E-state index is 0.488. The van der Waals surface area contributed by atoms with Gasteiger partial charge in [0.1, 0.15) is 0 Å². The minimum Gasteiger partial charge on any atom is -0.493 e. The Bertz CT molecular complexity index is 516. The topological polar surface area (TPSA) is 69.3 Å². The molecule has 1 aliphatic rings. The molecule has 2 rings (SSSR count). The molecule has 0 atom stereocenters. The number of guanidine groups is 1. The molecule has 0 unspecified atom stereocenters. The summed E-state index contributed by atoms with van der Waals surface area (Å²) in [6, 6.07) is 3.86. The molecule has 0 radical (unpaired) electrons.